The molecule has 0 aliphatic carbocycles. The summed E-state index contributed by atoms with van der Waals surface area (Å²) < 4.78 is 35.3. The lowest BCUT2D eigenvalue weighted by atomic mass is 10.2. The SMILES string of the molecule is CS(=O)(=O)c1cc(C=N)c(N)cc1F. The molecule has 0 amide bonds. The highest BCUT2D eigenvalue weighted by molar-refractivity contribution is 7.90. The van der Waals surface area contributed by atoms with Gasteiger partial charge in [0.2, 0.25) is 0 Å². The molecular weight excluding hydrogens is 207 g/mol. The van der Waals surface area contributed by atoms with E-state index in [1.165, 1.54) is 0 Å². The van der Waals surface area contributed by atoms with Crippen LogP contribution in [0.25, 0.3) is 0 Å². The molecule has 76 valence electrons. The van der Waals surface area contributed by atoms with Gasteiger partial charge in [0.05, 0.1) is 0 Å². The average molecular weight is 216 g/mol. The zero-order chi connectivity index (χ0) is 10.9. The molecule has 0 aromatic heterocycles. The van der Waals surface area contributed by atoms with Gasteiger partial charge in [0.1, 0.15) is 10.7 Å². The first-order valence-electron chi connectivity index (χ1n) is 3.66. The van der Waals surface area contributed by atoms with Crippen molar-refractivity contribution in [2.75, 3.05) is 12.0 Å². The van der Waals surface area contributed by atoms with Crippen LogP contribution in [-0.4, -0.2) is 20.9 Å². The quantitative estimate of drug-likeness (QED) is 0.566. The molecule has 0 aliphatic rings. The normalized spacial score (nSPS) is 11.3. The van der Waals surface area contributed by atoms with E-state index >= 15 is 0 Å². The first-order chi connectivity index (χ1) is 6.36. The molecule has 4 nitrogen and oxygen atoms in total. The van der Waals surface area contributed by atoms with Gasteiger partial charge in [-0.2, -0.15) is 0 Å². The first kappa shape index (κ1) is 10.6. The summed E-state index contributed by atoms with van der Waals surface area (Å²) in [6, 6.07) is 1.95. The number of anilines is 1. The Balaban J connectivity index is 3.55. The van der Waals surface area contributed by atoms with Gasteiger partial charge < -0.3 is 11.1 Å². The third kappa shape index (κ3) is 1.90. The van der Waals surface area contributed by atoms with E-state index in [1.54, 1.807) is 0 Å². The minimum Gasteiger partial charge on any atom is -0.398 e. The van der Waals surface area contributed by atoms with E-state index < -0.39 is 20.5 Å². The summed E-state index contributed by atoms with van der Waals surface area (Å²) in [6.45, 7) is 0. The van der Waals surface area contributed by atoms with Crippen molar-refractivity contribution in [1.29, 1.82) is 5.41 Å². The Bertz CT molecular complexity index is 482. The van der Waals surface area contributed by atoms with Crippen LogP contribution in [0.4, 0.5) is 10.1 Å². The summed E-state index contributed by atoms with van der Waals surface area (Å²) >= 11 is 0. The number of hydrogen-bond acceptors (Lipinski definition) is 4. The number of sulfone groups is 1. The second kappa shape index (κ2) is 3.38. The predicted molar refractivity (Wildman–Crippen MR) is 51.8 cm³/mol. The van der Waals surface area contributed by atoms with Gasteiger partial charge in [-0.1, -0.05) is 0 Å². The maximum atomic E-state index is 13.1. The molecule has 0 saturated carbocycles. The molecule has 6 heteroatoms. The van der Waals surface area contributed by atoms with Crippen molar-refractivity contribution in [3.05, 3.63) is 23.5 Å². The summed E-state index contributed by atoms with van der Waals surface area (Å²) in [7, 11) is -3.62. The Kier molecular flexibility index (Phi) is 2.57. The van der Waals surface area contributed by atoms with Crippen molar-refractivity contribution in [2.45, 2.75) is 4.90 Å². The minimum atomic E-state index is -3.62. The van der Waals surface area contributed by atoms with Gasteiger partial charge in [-0.25, -0.2) is 12.8 Å². The third-order valence-corrected chi connectivity index (χ3v) is 2.80. The third-order valence-electron chi connectivity index (χ3n) is 1.69. The van der Waals surface area contributed by atoms with Crippen LogP contribution in [0, 0.1) is 11.2 Å². The molecule has 0 atom stereocenters. The van der Waals surface area contributed by atoms with E-state index in [1.807, 2.05) is 0 Å². The fraction of sp³-hybridized carbons (Fsp3) is 0.125. The lowest BCUT2D eigenvalue weighted by Crippen LogP contribution is -2.04. The molecule has 0 radical (unpaired) electrons. The predicted octanol–water partition coefficient (Wildman–Crippen LogP) is 0.809. The van der Waals surface area contributed by atoms with Crippen LogP contribution in [0.3, 0.4) is 0 Å². The van der Waals surface area contributed by atoms with Crippen LogP contribution in [0.1, 0.15) is 5.56 Å². The molecule has 1 aromatic carbocycles. The summed E-state index contributed by atoms with van der Waals surface area (Å²) in [4.78, 5) is -0.440. The highest BCUT2D eigenvalue weighted by Gasteiger charge is 2.15. The standard InChI is InChI=1S/C8H9FN2O2S/c1-14(12,13)8-2-5(4-10)7(11)3-6(8)9/h2-4,10H,11H2,1H3. The zero-order valence-corrected chi connectivity index (χ0v) is 8.23. The van der Waals surface area contributed by atoms with E-state index in [0.717, 1.165) is 24.6 Å². The Morgan fingerprint density at radius 2 is 2.07 bits per heavy atom. The molecule has 0 bridgehead atoms. The van der Waals surface area contributed by atoms with Crippen LogP contribution in [0.2, 0.25) is 0 Å². The van der Waals surface area contributed by atoms with E-state index in [4.69, 9.17) is 11.1 Å². The fourth-order valence-corrected chi connectivity index (χ4v) is 1.75. The van der Waals surface area contributed by atoms with Gasteiger partial charge >= 0.3 is 0 Å². The maximum absolute atomic E-state index is 13.1. The number of rotatable bonds is 2. The number of nitrogen functional groups attached to an aromatic ring is 1. The van der Waals surface area contributed by atoms with Crippen LogP contribution in [0.15, 0.2) is 17.0 Å². The minimum absolute atomic E-state index is 0.0462. The summed E-state index contributed by atoms with van der Waals surface area (Å²) in [5.74, 6) is -0.893. The molecule has 14 heavy (non-hydrogen) atoms. The molecular formula is C8H9FN2O2S. The second-order valence-corrected chi connectivity index (χ2v) is 4.81. The largest absolute Gasteiger partial charge is 0.398 e. The van der Waals surface area contributed by atoms with Crippen molar-refractivity contribution in [1.82, 2.24) is 0 Å². The van der Waals surface area contributed by atoms with Gasteiger partial charge in [0.25, 0.3) is 0 Å². The van der Waals surface area contributed by atoms with Crippen LogP contribution >= 0.6 is 0 Å². The van der Waals surface area contributed by atoms with Gasteiger partial charge in [-0.15, -0.1) is 0 Å². The highest BCUT2D eigenvalue weighted by atomic mass is 32.2. The summed E-state index contributed by atoms with van der Waals surface area (Å²) in [5.41, 5.74) is 5.59. The first-order valence-corrected chi connectivity index (χ1v) is 5.55. The highest BCUT2D eigenvalue weighted by Crippen LogP contribution is 2.20. The van der Waals surface area contributed by atoms with Gasteiger partial charge in [0.15, 0.2) is 9.84 Å². The molecule has 0 aliphatic heterocycles. The molecule has 1 rings (SSSR count). The lowest BCUT2D eigenvalue weighted by Gasteiger charge is -2.04. The smallest absolute Gasteiger partial charge is 0.178 e. The van der Waals surface area contributed by atoms with E-state index in [-0.39, 0.29) is 11.3 Å². The number of nitrogens with one attached hydrogen (secondary N) is 1. The van der Waals surface area contributed by atoms with Gasteiger partial charge in [0, 0.05) is 23.7 Å². The Morgan fingerprint density at radius 3 is 2.50 bits per heavy atom. The fourth-order valence-electron chi connectivity index (χ4n) is 0.994. The van der Waals surface area contributed by atoms with Gasteiger partial charge in [-0.3, -0.25) is 0 Å². The van der Waals surface area contributed by atoms with Crippen molar-refractivity contribution >= 4 is 21.7 Å². The van der Waals surface area contributed by atoms with Crippen molar-refractivity contribution in [3.8, 4) is 0 Å². The van der Waals surface area contributed by atoms with E-state index in [0.29, 0.717) is 0 Å². The topological polar surface area (TPSA) is 84.0 Å². The lowest BCUT2D eigenvalue weighted by molar-refractivity contribution is 0.571. The molecule has 0 spiro atoms. The van der Waals surface area contributed by atoms with Crippen LogP contribution in [0.5, 0.6) is 0 Å². The van der Waals surface area contributed by atoms with Crippen molar-refractivity contribution in [2.24, 2.45) is 0 Å². The Hall–Kier alpha value is -1.43. The average Bonchev–Trinajstić information content (AvgIpc) is 2.02. The zero-order valence-electron chi connectivity index (χ0n) is 7.41. The summed E-state index contributed by atoms with van der Waals surface area (Å²) in [6.07, 6.45) is 1.78. The van der Waals surface area contributed by atoms with Crippen molar-refractivity contribution in [3.63, 3.8) is 0 Å². The van der Waals surface area contributed by atoms with E-state index in [9.17, 15) is 12.8 Å². The molecule has 1 aromatic rings. The molecule has 3 N–H and O–H groups in total. The summed E-state index contributed by atoms with van der Waals surface area (Å²) in [5, 5.41) is 6.93. The van der Waals surface area contributed by atoms with Crippen LogP contribution in [-0.2, 0) is 9.84 Å². The van der Waals surface area contributed by atoms with Gasteiger partial charge in [-0.05, 0) is 12.1 Å². The molecule has 0 saturated heterocycles. The Morgan fingerprint density at radius 1 is 1.50 bits per heavy atom. The maximum Gasteiger partial charge on any atom is 0.178 e. The second-order valence-electron chi connectivity index (χ2n) is 2.83. The number of hydrogen-bond donors (Lipinski definition) is 2. The monoisotopic (exact) mass is 216 g/mol. The number of halogens is 1. The van der Waals surface area contributed by atoms with E-state index in [2.05, 4.69) is 0 Å². The van der Waals surface area contributed by atoms with Crippen molar-refractivity contribution < 1.29 is 12.8 Å². The molecule has 0 unspecified atom stereocenters. The molecule has 0 fully saturated rings. The number of benzene rings is 1. The van der Waals surface area contributed by atoms with Crippen LogP contribution < -0.4 is 5.73 Å². The Labute approximate surface area is 81.0 Å². The number of nitrogens with two attached hydrogens (primary N) is 1. The molecule has 0 heterocycles.